The summed E-state index contributed by atoms with van der Waals surface area (Å²) in [7, 11) is 0. The Morgan fingerprint density at radius 2 is 2.32 bits per heavy atom. The maximum Gasteiger partial charge on any atom is 0.252 e. The van der Waals surface area contributed by atoms with Crippen LogP contribution < -0.4 is 5.32 Å². The molecule has 0 spiro atoms. The molecular weight excluding hydrogens is 378 g/mol. The van der Waals surface area contributed by atoms with Crippen molar-refractivity contribution in [2.45, 2.75) is 19.9 Å². The lowest BCUT2D eigenvalue weighted by Crippen LogP contribution is -2.23. The number of carbonyl (C=O) groups is 1. The zero-order valence-corrected chi connectivity index (χ0v) is 13.2. The third-order valence-corrected chi connectivity index (χ3v) is 4.56. The molecule has 1 aromatic carbocycles. The molecule has 100 valence electrons. The lowest BCUT2D eigenvalue weighted by molar-refractivity contribution is 0.0950. The molecule has 0 aliphatic carbocycles. The van der Waals surface area contributed by atoms with Crippen molar-refractivity contribution < 1.29 is 9.18 Å². The van der Waals surface area contributed by atoms with Gasteiger partial charge in [0.25, 0.3) is 5.91 Å². The zero-order chi connectivity index (χ0) is 13.8. The highest BCUT2D eigenvalue weighted by atomic mass is 127. The Kier molecular flexibility index (Phi) is 4.87. The molecule has 0 bridgehead atoms. The third kappa shape index (κ3) is 3.73. The van der Waals surface area contributed by atoms with E-state index in [1.54, 1.807) is 11.3 Å². The number of carbonyl (C=O) groups excluding carboxylic acids is 1. The lowest BCUT2D eigenvalue weighted by Gasteiger charge is -2.05. The number of hydrogen-bond donors (Lipinski definition) is 1. The van der Waals surface area contributed by atoms with E-state index in [1.165, 1.54) is 23.1 Å². The molecule has 1 N–H and O–H groups in total. The van der Waals surface area contributed by atoms with Crippen molar-refractivity contribution in [2.24, 2.45) is 0 Å². The van der Waals surface area contributed by atoms with Crippen LogP contribution in [0.25, 0.3) is 0 Å². The molecule has 0 atom stereocenters. The molecule has 2 aromatic rings. The van der Waals surface area contributed by atoms with E-state index in [0.29, 0.717) is 15.7 Å². The summed E-state index contributed by atoms with van der Waals surface area (Å²) in [6, 6.07) is 4.12. The first kappa shape index (κ1) is 14.4. The summed E-state index contributed by atoms with van der Waals surface area (Å²) in [5.74, 6) is -0.550. The molecule has 0 radical (unpaired) electrons. The summed E-state index contributed by atoms with van der Waals surface area (Å²) in [4.78, 5) is 17.4. The minimum atomic E-state index is -0.339. The zero-order valence-electron chi connectivity index (χ0n) is 10.2. The number of nitrogens with zero attached hydrogens (tertiary/aromatic N) is 1. The van der Waals surface area contributed by atoms with Gasteiger partial charge in [-0.15, -0.1) is 11.3 Å². The minimum absolute atomic E-state index is 0.211. The van der Waals surface area contributed by atoms with Crippen LogP contribution in [0.2, 0.25) is 0 Å². The Morgan fingerprint density at radius 3 is 2.95 bits per heavy atom. The molecule has 6 heteroatoms. The molecule has 0 saturated carbocycles. The van der Waals surface area contributed by atoms with E-state index in [4.69, 9.17) is 0 Å². The van der Waals surface area contributed by atoms with Gasteiger partial charge in [0.2, 0.25) is 0 Å². The second-order valence-electron chi connectivity index (χ2n) is 3.88. The SMILES string of the molecule is CCc1cnc(CNC(=O)c2ccc(F)cc2I)s1. The first-order valence-electron chi connectivity index (χ1n) is 5.77. The van der Waals surface area contributed by atoms with E-state index in [2.05, 4.69) is 17.2 Å². The van der Waals surface area contributed by atoms with Gasteiger partial charge < -0.3 is 5.32 Å². The normalized spacial score (nSPS) is 10.5. The average Bonchev–Trinajstić information content (AvgIpc) is 2.84. The van der Waals surface area contributed by atoms with Crippen LogP contribution in [0, 0.1) is 9.39 Å². The van der Waals surface area contributed by atoms with Gasteiger partial charge in [0.1, 0.15) is 10.8 Å². The van der Waals surface area contributed by atoms with Crippen molar-refractivity contribution >= 4 is 39.8 Å². The number of hydrogen-bond acceptors (Lipinski definition) is 3. The van der Waals surface area contributed by atoms with Crippen molar-refractivity contribution in [3.8, 4) is 0 Å². The van der Waals surface area contributed by atoms with Crippen LogP contribution in [0.4, 0.5) is 4.39 Å². The summed E-state index contributed by atoms with van der Waals surface area (Å²) in [6.07, 6.45) is 2.77. The summed E-state index contributed by atoms with van der Waals surface area (Å²) >= 11 is 3.54. The fraction of sp³-hybridized carbons (Fsp3) is 0.231. The van der Waals surface area contributed by atoms with Gasteiger partial charge in [-0.25, -0.2) is 9.37 Å². The number of rotatable bonds is 4. The number of halogens is 2. The van der Waals surface area contributed by atoms with Gasteiger partial charge in [-0.2, -0.15) is 0 Å². The van der Waals surface area contributed by atoms with E-state index >= 15 is 0 Å². The molecule has 1 heterocycles. The van der Waals surface area contributed by atoms with Gasteiger partial charge in [0.05, 0.1) is 12.1 Å². The van der Waals surface area contributed by atoms with Gasteiger partial charge in [-0.3, -0.25) is 4.79 Å². The lowest BCUT2D eigenvalue weighted by atomic mass is 10.2. The standard InChI is InChI=1S/C13H12FIN2OS/c1-2-9-6-16-12(19-9)7-17-13(18)10-4-3-8(14)5-11(10)15/h3-6H,2,7H2,1H3,(H,17,18). The molecular formula is C13H12FIN2OS. The predicted molar refractivity (Wildman–Crippen MR) is 81.8 cm³/mol. The first-order chi connectivity index (χ1) is 9.10. The first-order valence-corrected chi connectivity index (χ1v) is 7.66. The smallest absolute Gasteiger partial charge is 0.252 e. The highest BCUT2D eigenvalue weighted by molar-refractivity contribution is 14.1. The Hall–Kier alpha value is -1.02. The molecule has 0 unspecified atom stereocenters. The van der Waals surface area contributed by atoms with Gasteiger partial charge in [-0.1, -0.05) is 6.92 Å². The van der Waals surface area contributed by atoms with Crippen LogP contribution in [0.5, 0.6) is 0 Å². The van der Waals surface area contributed by atoms with Crippen LogP contribution >= 0.6 is 33.9 Å². The molecule has 19 heavy (non-hydrogen) atoms. The molecule has 1 amide bonds. The van der Waals surface area contributed by atoms with Crippen molar-refractivity contribution in [1.29, 1.82) is 0 Å². The number of nitrogens with one attached hydrogen (secondary N) is 1. The van der Waals surface area contributed by atoms with Gasteiger partial charge in [0, 0.05) is 14.6 Å². The van der Waals surface area contributed by atoms with E-state index in [1.807, 2.05) is 28.8 Å². The van der Waals surface area contributed by atoms with Crippen LogP contribution in [0.3, 0.4) is 0 Å². The van der Waals surface area contributed by atoms with Gasteiger partial charge in [-0.05, 0) is 47.2 Å². The maximum absolute atomic E-state index is 13.0. The third-order valence-electron chi connectivity index (χ3n) is 2.53. The summed E-state index contributed by atoms with van der Waals surface area (Å²) < 4.78 is 13.6. The molecule has 0 aliphatic rings. The van der Waals surface area contributed by atoms with E-state index in [0.717, 1.165) is 11.4 Å². The Balaban J connectivity index is 2.01. The highest BCUT2D eigenvalue weighted by Crippen LogP contribution is 2.15. The maximum atomic E-state index is 13.0. The number of benzene rings is 1. The van der Waals surface area contributed by atoms with E-state index in [-0.39, 0.29) is 11.7 Å². The topological polar surface area (TPSA) is 42.0 Å². The monoisotopic (exact) mass is 390 g/mol. The summed E-state index contributed by atoms with van der Waals surface area (Å²) in [5.41, 5.74) is 0.481. The van der Waals surface area contributed by atoms with Gasteiger partial charge in [0.15, 0.2) is 0 Å². The molecule has 0 fully saturated rings. The highest BCUT2D eigenvalue weighted by Gasteiger charge is 2.11. The quantitative estimate of drug-likeness (QED) is 0.814. The Bertz CT molecular complexity index is 600. The van der Waals surface area contributed by atoms with Crippen molar-refractivity contribution in [3.63, 3.8) is 0 Å². The molecule has 3 nitrogen and oxygen atoms in total. The molecule has 0 saturated heterocycles. The summed E-state index contributed by atoms with van der Waals surface area (Å²) in [5, 5.41) is 3.67. The van der Waals surface area contributed by atoms with Crippen LogP contribution in [0.15, 0.2) is 24.4 Å². The van der Waals surface area contributed by atoms with Crippen LogP contribution in [0.1, 0.15) is 27.2 Å². The molecule has 0 aliphatic heterocycles. The second-order valence-corrected chi connectivity index (χ2v) is 6.24. The van der Waals surface area contributed by atoms with Gasteiger partial charge >= 0.3 is 0 Å². The van der Waals surface area contributed by atoms with E-state index in [9.17, 15) is 9.18 Å². The Labute approximate surface area is 128 Å². The fourth-order valence-electron chi connectivity index (χ4n) is 1.52. The largest absolute Gasteiger partial charge is 0.345 e. The fourth-order valence-corrected chi connectivity index (χ4v) is 3.04. The van der Waals surface area contributed by atoms with Crippen molar-refractivity contribution in [3.05, 3.63) is 49.2 Å². The van der Waals surface area contributed by atoms with Crippen molar-refractivity contribution in [1.82, 2.24) is 10.3 Å². The minimum Gasteiger partial charge on any atom is -0.345 e. The Morgan fingerprint density at radius 1 is 1.53 bits per heavy atom. The number of amides is 1. The van der Waals surface area contributed by atoms with Crippen LogP contribution in [-0.4, -0.2) is 10.9 Å². The summed E-state index contributed by atoms with van der Waals surface area (Å²) in [6.45, 7) is 2.47. The average molecular weight is 390 g/mol. The number of aromatic nitrogens is 1. The molecule has 2 rings (SSSR count). The van der Waals surface area contributed by atoms with Crippen molar-refractivity contribution in [2.75, 3.05) is 0 Å². The second kappa shape index (κ2) is 6.42. The number of aryl methyl sites for hydroxylation is 1. The predicted octanol–water partition coefficient (Wildman–Crippen LogP) is 3.38. The van der Waals surface area contributed by atoms with E-state index < -0.39 is 0 Å². The van der Waals surface area contributed by atoms with Crippen LogP contribution in [-0.2, 0) is 13.0 Å². The molecule has 1 aromatic heterocycles. The number of thiazole rings is 1.